The molecular weight excluding hydrogens is 298 g/mol. The van der Waals surface area contributed by atoms with Gasteiger partial charge in [-0.25, -0.2) is 9.36 Å². The topological polar surface area (TPSA) is 114 Å². The maximum absolute atomic E-state index is 12.2. The third-order valence-electron chi connectivity index (χ3n) is 3.67. The second-order valence-corrected chi connectivity index (χ2v) is 5.59. The number of carbonyl (C=O) groups excluding carboxylic acids is 1. The monoisotopic (exact) mass is 315 g/mol. The average molecular weight is 315 g/mol. The summed E-state index contributed by atoms with van der Waals surface area (Å²) in [5.41, 5.74) is -0.610. The van der Waals surface area contributed by atoms with Crippen LogP contribution in [0.1, 0.15) is 20.8 Å². The quantitative estimate of drug-likeness (QED) is 0.878. The summed E-state index contributed by atoms with van der Waals surface area (Å²) in [6.07, 6.45) is 1.55. The van der Waals surface area contributed by atoms with Crippen LogP contribution in [-0.4, -0.2) is 26.2 Å². The lowest BCUT2D eigenvalue weighted by molar-refractivity contribution is -0.123. The minimum absolute atomic E-state index is 0.0918. The van der Waals surface area contributed by atoms with E-state index in [1.807, 2.05) is 13.8 Å². The molecule has 0 saturated heterocycles. The Morgan fingerprint density at radius 2 is 2.26 bits per heavy atom. The van der Waals surface area contributed by atoms with Crippen molar-refractivity contribution in [3.8, 4) is 17.6 Å². The summed E-state index contributed by atoms with van der Waals surface area (Å²) in [5.74, 6) is -1.17. The van der Waals surface area contributed by atoms with E-state index in [1.54, 1.807) is 31.3 Å². The molecule has 2 heterocycles. The molecule has 0 bridgehead atoms. The first-order valence-corrected chi connectivity index (χ1v) is 7.07. The van der Waals surface area contributed by atoms with Crippen LogP contribution < -0.4 is 11.1 Å². The maximum atomic E-state index is 12.2. The standard InChI is InChI=1S/C15H17N5O3/c1-10(2)15(3,9-16)18-12(21)8-20-13(19-23-14(20)22)11-6-4-5-7-17-11/h4-7,10H,8H2,1-3H3,(H,18,21). The summed E-state index contributed by atoms with van der Waals surface area (Å²) < 4.78 is 5.71. The van der Waals surface area contributed by atoms with Crippen LogP contribution in [0.4, 0.5) is 0 Å². The summed E-state index contributed by atoms with van der Waals surface area (Å²) in [6, 6.07) is 7.19. The number of nitrogens with one attached hydrogen (secondary N) is 1. The molecule has 23 heavy (non-hydrogen) atoms. The van der Waals surface area contributed by atoms with E-state index in [4.69, 9.17) is 0 Å². The van der Waals surface area contributed by atoms with E-state index in [2.05, 4.69) is 26.0 Å². The summed E-state index contributed by atoms with van der Waals surface area (Å²) >= 11 is 0. The number of rotatable bonds is 5. The Hall–Kier alpha value is -2.95. The SMILES string of the molecule is CC(C)C(C)(C#N)NC(=O)Cn1c(-c2ccccn2)noc1=O. The van der Waals surface area contributed by atoms with Crippen molar-refractivity contribution >= 4 is 5.91 Å². The zero-order valence-corrected chi connectivity index (χ0v) is 13.1. The number of nitrogens with zero attached hydrogens (tertiary/aromatic N) is 4. The van der Waals surface area contributed by atoms with Gasteiger partial charge < -0.3 is 5.32 Å². The minimum atomic E-state index is -1.02. The van der Waals surface area contributed by atoms with Crippen LogP contribution in [0.5, 0.6) is 0 Å². The molecule has 1 atom stereocenters. The van der Waals surface area contributed by atoms with Crippen molar-refractivity contribution in [2.75, 3.05) is 0 Å². The number of amides is 1. The van der Waals surface area contributed by atoms with Gasteiger partial charge >= 0.3 is 5.76 Å². The van der Waals surface area contributed by atoms with Crippen LogP contribution in [-0.2, 0) is 11.3 Å². The van der Waals surface area contributed by atoms with Crippen molar-refractivity contribution in [1.29, 1.82) is 5.26 Å². The van der Waals surface area contributed by atoms with Crippen LogP contribution in [0.2, 0.25) is 0 Å². The van der Waals surface area contributed by atoms with Gasteiger partial charge in [0, 0.05) is 6.20 Å². The summed E-state index contributed by atoms with van der Waals surface area (Å²) in [5, 5.41) is 15.5. The molecule has 8 heteroatoms. The number of aromatic nitrogens is 3. The molecule has 2 rings (SSSR count). The number of pyridine rings is 1. The van der Waals surface area contributed by atoms with Gasteiger partial charge in [-0.2, -0.15) is 5.26 Å². The molecular formula is C15H17N5O3. The lowest BCUT2D eigenvalue weighted by Gasteiger charge is -2.27. The highest BCUT2D eigenvalue weighted by Crippen LogP contribution is 2.16. The summed E-state index contributed by atoms with van der Waals surface area (Å²) in [6.45, 7) is 4.98. The lowest BCUT2D eigenvalue weighted by Crippen LogP contribution is -2.50. The normalized spacial score (nSPS) is 13.3. The van der Waals surface area contributed by atoms with Gasteiger partial charge in [0.2, 0.25) is 11.7 Å². The molecule has 1 unspecified atom stereocenters. The molecule has 1 N–H and O–H groups in total. The largest absolute Gasteiger partial charge is 0.442 e. The number of nitriles is 1. The second kappa shape index (κ2) is 6.44. The van der Waals surface area contributed by atoms with Crippen molar-refractivity contribution in [3.05, 3.63) is 34.9 Å². The van der Waals surface area contributed by atoms with Gasteiger partial charge in [0.05, 0.1) is 6.07 Å². The molecule has 2 aromatic heterocycles. The second-order valence-electron chi connectivity index (χ2n) is 5.59. The predicted molar refractivity (Wildman–Crippen MR) is 81.0 cm³/mol. The summed E-state index contributed by atoms with van der Waals surface area (Å²) in [4.78, 5) is 28.1. The fraction of sp³-hybridized carbons (Fsp3) is 0.400. The molecule has 0 aliphatic rings. The first-order valence-electron chi connectivity index (χ1n) is 7.07. The molecule has 0 spiro atoms. The lowest BCUT2D eigenvalue weighted by atomic mass is 9.90. The zero-order valence-electron chi connectivity index (χ0n) is 13.1. The Labute approximate surface area is 132 Å². The summed E-state index contributed by atoms with van der Waals surface area (Å²) in [7, 11) is 0. The Balaban J connectivity index is 2.25. The van der Waals surface area contributed by atoms with E-state index in [1.165, 1.54) is 0 Å². The molecule has 8 nitrogen and oxygen atoms in total. The fourth-order valence-electron chi connectivity index (χ4n) is 1.86. The van der Waals surface area contributed by atoms with Crippen LogP contribution >= 0.6 is 0 Å². The van der Waals surface area contributed by atoms with Gasteiger partial charge in [-0.3, -0.25) is 14.3 Å². The number of hydrogen-bond donors (Lipinski definition) is 1. The van der Waals surface area contributed by atoms with Gasteiger partial charge in [-0.15, -0.1) is 0 Å². The first-order chi connectivity index (χ1) is 10.9. The van der Waals surface area contributed by atoms with Crippen molar-refractivity contribution < 1.29 is 9.32 Å². The Kier molecular flexibility index (Phi) is 4.60. The van der Waals surface area contributed by atoms with E-state index < -0.39 is 17.2 Å². The molecule has 0 aliphatic heterocycles. The predicted octanol–water partition coefficient (Wildman–Crippen LogP) is 0.953. The molecule has 0 saturated carbocycles. The van der Waals surface area contributed by atoms with E-state index in [-0.39, 0.29) is 18.3 Å². The Bertz CT molecular complexity index is 787. The molecule has 1 amide bonds. The van der Waals surface area contributed by atoms with Crippen molar-refractivity contribution in [3.63, 3.8) is 0 Å². The van der Waals surface area contributed by atoms with Crippen LogP contribution in [0.15, 0.2) is 33.7 Å². The Morgan fingerprint density at radius 1 is 1.52 bits per heavy atom. The number of hydrogen-bond acceptors (Lipinski definition) is 6. The molecule has 0 fully saturated rings. The van der Waals surface area contributed by atoms with Gasteiger partial charge in [0.15, 0.2) is 0 Å². The van der Waals surface area contributed by atoms with Gasteiger partial charge in [-0.1, -0.05) is 25.1 Å². The molecule has 2 aromatic rings. The van der Waals surface area contributed by atoms with Crippen molar-refractivity contribution in [1.82, 2.24) is 20.0 Å². The van der Waals surface area contributed by atoms with E-state index in [9.17, 15) is 14.9 Å². The molecule has 120 valence electrons. The Morgan fingerprint density at radius 3 is 2.83 bits per heavy atom. The molecule has 0 radical (unpaired) electrons. The highest BCUT2D eigenvalue weighted by atomic mass is 16.5. The average Bonchev–Trinajstić information content (AvgIpc) is 2.88. The van der Waals surface area contributed by atoms with Gasteiger partial charge in [0.25, 0.3) is 0 Å². The van der Waals surface area contributed by atoms with E-state index in [0.717, 1.165) is 4.57 Å². The highest BCUT2D eigenvalue weighted by molar-refractivity contribution is 5.77. The highest BCUT2D eigenvalue weighted by Gasteiger charge is 2.30. The van der Waals surface area contributed by atoms with Crippen LogP contribution in [0.25, 0.3) is 11.5 Å². The van der Waals surface area contributed by atoms with E-state index >= 15 is 0 Å². The third kappa shape index (κ3) is 3.45. The zero-order chi connectivity index (χ0) is 17.0. The number of carbonyl (C=O) groups is 1. The van der Waals surface area contributed by atoms with Gasteiger partial charge in [0.1, 0.15) is 17.8 Å². The van der Waals surface area contributed by atoms with Crippen molar-refractivity contribution in [2.45, 2.75) is 32.9 Å². The first kappa shape index (κ1) is 16.4. The third-order valence-corrected chi connectivity index (χ3v) is 3.67. The van der Waals surface area contributed by atoms with Crippen molar-refractivity contribution in [2.24, 2.45) is 5.92 Å². The van der Waals surface area contributed by atoms with Crippen LogP contribution in [0.3, 0.4) is 0 Å². The fourth-order valence-corrected chi connectivity index (χ4v) is 1.86. The van der Waals surface area contributed by atoms with Crippen LogP contribution in [0, 0.1) is 17.2 Å². The van der Waals surface area contributed by atoms with Gasteiger partial charge in [-0.05, 0) is 25.0 Å². The molecule has 0 aromatic carbocycles. The smallest absolute Gasteiger partial charge is 0.336 e. The minimum Gasteiger partial charge on any atom is -0.336 e. The van der Waals surface area contributed by atoms with E-state index in [0.29, 0.717) is 5.69 Å². The molecule has 0 aliphatic carbocycles. The maximum Gasteiger partial charge on any atom is 0.442 e.